The van der Waals surface area contributed by atoms with Crippen LogP contribution in [0.25, 0.3) is 11.4 Å². The highest BCUT2D eigenvalue weighted by Crippen LogP contribution is 2.40. The molecule has 0 aliphatic carbocycles. The van der Waals surface area contributed by atoms with Crippen LogP contribution in [0.1, 0.15) is 25.8 Å². The van der Waals surface area contributed by atoms with E-state index in [0.29, 0.717) is 55.8 Å². The Kier molecular flexibility index (Phi) is 6.50. The number of nitrogens with one attached hydrogen (secondary N) is 1. The Balaban J connectivity index is 1.19. The maximum absolute atomic E-state index is 13.5. The van der Waals surface area contributed by atoms with Gasteiger partial charge in [0.25, 0.3) is 0 Å². The van der Waals surface area contributed by atoms with Crippen molar-refractivity contribution in [2.45, 2.75) is 44.4 Å². The van der Waals surface area contributed by atoms with Crippen molar-refractivity contribution in [1.82, 2.24) is 15.0 Å². The van der Waals surface area contributed by atoms with Gasteiger partial charge in [0.05, 0.1) is 36.3 Å². The zero-order chi connectivity index (χ0) is 28.1. The fourth-order valence-electron chi connectivity index (χ4n) is 5.09. The van der Waals surface area contributed by atoms with E-state index in [2.05, 4.69) is 25.2 Å². The molecule has 3 aliphatic heterocycles. The zero-order valence-electron chi connectivity index (χ0n) is 21.8. The highest BCUT2D eigenvalue weighted by atomic mass is 19.4. The van der Waals surface area contributed by atoms with E-state index in [1.54, 1.807) is 23.2 Å². The lowest BCUT2D eigenvalue weighted by atomic mass is 10.1. The number of carbonyl (C=O) groups is 1. The predicted molar refractivity (Wildman–Crippen MR) is 139 cm³/mol. The molecule has 40 heavy (non-hydrogen) atoms. The third-order valence-electron chi connectivity index (χ3n) is 6.99. The minimum Gasteiger partial charge on any atom is -0.489 e. The molecule has 1 aromatic carbocycles. The van der Waals surface area contributed by atoms with Gasteiger partial charge in [-0.1, -0.05) is 12.1 Å². The second kappa shape index (κ2) is 9.89. The van der Waals surface area contributed by atoms with Crippen molar-refractivity contribution >= 4 is 23.4 Å². The van der Waals surface area contributed by atoms with Crippen LogP contribution in [-0.4, -0.2) is 65.2 Å². The largest absolute Gasteiger partial charge is 0.489 e. The number of benzene rings is 1. The molecular formula is C27H27F3N6O4. The number of anilines is 3. The van der Waals surface area contributed by atoms with E-state index in [1.807, 2.05) is 13.8 Å². The number of carbonyl (C=O) groups excluding carboxylic acids is 1. The van der Waals surface area contributed by atoms with Crippen LogP contribution >= 0.6 is 0 Å². The minimum atomic E-state index is -4.50. The molecular weight excluding hydrogens is 529 g/mol. The van der Waals surface area contributed by atoms with Gasteiger partial charge in [-0.05, 0) is 44.5 Å². The lowest BCUT2D eigenvalue weighted by Crippen LogP contribution is -2.48. The number of urea groups is 1. The number of amides is 2. The SMILES string of the molecule is CC1(C)OC[C@@H](COc2ccc(NC(=O)N3c4nc(-c5cccc(C(F)(F)F)c5)ncc4N4CC[C@H]3C4)nc2)O1. The molecule has 3 aliphatic rings. The Labute approximate surface area is 228 Å². The molecule has 2 fully saturated rings. The van der Waals surface area contributed by atoms with E-state index >= 15 is 0 Å². The number of hydrogen-bond acceptors (Lipinski definition) is 8. The number of hydrogen-bond donors (Lipinski definition) is 1. The minimum absolute atomic E-state index is 0.102. The van der Waals surface area contributed by atoms with Crippen molar-refractivity contribution in [3.63, 3.8) is 0 Å². The predicted octanol–water partition coefficient (Wildman–Crippen LogP) is 4.72. The van der Waals surface area contributed by atoms with Gasteiger partial charge in [-0.15, -0.1) is 0 Å². The van der Waals surface area contributed by atoms with Crippen LogP contribution in [-0.2, 0) is 15.7 Å². The first kappa shape index (κ1) is 26.3. The number of ether oxygens (including phenoxy) is 3. The van der Waals surface area contributed by atoms with Crippen LogP contribution in [0.15, 0.2) is 48.8 Å². The summed E-state index contributed by atoms with van der Waals surface area (Å²) in [6.07, 6.45) is -0.907. The molecule has 2 saturated heterocycles. The summed E-state index contributed by atoms with van der Waals surface area (Å²) in [6, 6.07) is 7.55. The summed E-state index contributed by atoms with van der Waals surface area (Å²) in [6.45, 7) is 5.74. The smallest absolute Gasteiger partial charge is 0.416 e. The lowest BCUT2D eigenvalue weighted by molar-refractivity contribution is -0.141. The van der Waals surface area contributed by atoms with Crippen molar-refractivity contribution in [3.8, 4) is 17.1 Å². The van der Waals surface area contributed by atoms with Crippen molar-refractivity contribution < 1.29 is 32.2 Å². The summed E-state index contributed by atoms with van der Waals surface area (Å²) >= 11 is 0. The fourth-order valence-corrected chi connectivity index (χ4v) is 5.09. The van der Waals surface area contributed by atoms with E-state index < -0.39 is 23.6 Å². The molecule has 3 aromatic rings. The summed E-state index contributed by atoms with van der Waals surface area (Å²) in [4.78, 5) is 30.3. The van der Waals surface area contributed by atoms with Crippen LogP contribution in [0.3, 0.4) is 0 Å². The third kappa shape index (κ3) is 5.26. The molecule has 13 heteroatoms. The molecule has 5 heterocycles. The average Bonchev–Trinajstić information content (AvgIpc) is 3.50. The van der Waals surface area contributed by atoms with Gasteiger partial charge in [-0.2, -0.15) is 13.2 Å². The first-order valence-electron chi connectivity index (χ1n) is 12.9. The summed E-state index contributed by atoms with van der Waals surface area (Å²) in [5.41, 5.74) is 0.0649. The van der Waals surface area contributed by atoms with Crippen LogP contribution < -0.4 is 19.9 Å². The summed E-state index contributed by atoms with van der Waals surface area (Å²) in [7, 11) is 0. The van der Waals surface area contributed by atoms with Gasteiger partial charge in [-0.25, -0.2) is 19.7 Å². The van der Waals surface area contributed by atoms with Crippen molar-refractivity contribution in [1.29, 1.82) is 0 Å². The van der Waals surface area contributed by atoms with Gasteiger partial charge < -0.3 is 19.1 Å². The molecule has 2 aromatic heterocycles. The molecule has 2 atom stereocenters. The van der Waals surface area contributed by atoms with Crippen molar-refractivity contribution in [2.24, 2.45) is 0 Å². The first-order valence-corrected chi connectivity index (χ1v) is 12.9. The van der Waals surface area contributed by atoms with Crippen molar-refractivity contribution in [3.05, 3.63) is 54.4 Å². The van der Waals surface area contributed by atoms with Crippen LogP contribution in [0.4, 0.5) is 35.3 Å². The molecule has 0 saturated carbocycles. The second-order valence-electron chi connectivity index (χ2n) is 10.3. The van der Waals surface area contributed by atoms with Gasteiger partial charge >= 0.3 is 12.2 Å². The number of fused-ring (bicyclic) bond motifs is 4. The van der Waals surface area contributed by atoms with Gasteiger partial charge in [0.15, 0.2) is 17.4 Å². The van der Waals surface area contributed by atoms with Crippen LogP contribution in [0, 0.1) is 0 Å². The number of pyridine rings is 1. The first-order chi connectivity index (χ1) is 19.1. The van der Waals surface area contributed by atoms with Gasteiger partial charge in [0.1, 0.15) is 24.3 Å². The number of nitrogens with zero attached hydrogens (tertiary/aromatic N) is 5. The number of aromatic nitrogens is 3. The Bertz CT molecular complexity index is 1420. The molecule has 0 radical (unpaired) electrons. The Morgan fingerprint density at radius 3 is 2.77 bits per heavy atom. The molecule has 1 N–H and O–H groups in total. The van der Waals surface area contributed by atoms with Gasteiger partial charge in [-0.3, -0.25) is 10.2 Å². The molecule has 6 rings (SSSR count). The van der Waals surface area contributed by atoms with E-state index in [-0.39, 0.29) is 23.5 Å². The van der Waals surface area contributed by atoms with Gasteiger partial charge in [0.2, 0.25) is 0 Å². The average molecular weight is 557 g/mol. The van der Waals surface area contributed by atoms with E-state index in [1.165, 1.54) is 18.3 Å². The molecule has 2 bridgehead atoms. The Morgan fingerprint density at radius 2 is 2.05 bits per heavy atom. The quantitative estimate of drug-likeness (QED) is 0.482. The second-order valence-corrected chi connectivity index (χ2v) is 10.3. The maximum atomic E-state index is 13.5. The molecule has 0 spiro atoms. The molecule has 2 amide bonds. The highest BCUT2D eigenvalue weighted by Gasteiger charge is 2.41. The summed E-state index contributed by atoms with van der Waals surface area (Å²) in [5.74, 6) is 0.635. The van der Waals surface area contributed by atoms with Crippen LogP contribution in [0.2, 0.25) is 0 Å². The zero-order valence-corrected chi connectivity index (χ0v) is 21.8. The third-order valence-corrected chi connectivity index (χ3v) is 6.99. The Hall–Kier alpha value is -3.97. The van der Waals surface area contributed by atoms with Gasteiger partial charge in [0, 0.05) is 18.7 Å². The lowest BCUT2D eigenvalue weighted by Gasteiger charge is -2.35. The maximum Gasteiger partial charge on any atom is 0.416 e. The Morgan fingerprint density at radius 1 is 1.20 bits per heavy atom. The monoisotopic (exact) mass is 556 g/mol. The summed E-state index contributed by atoms with van der Waals surface area (Å²) in [5, 5.41) is 2.81. The molecule has 10 nitrogen and oxygen atoms in total. The normalized spacial score (nSPS) is 21.3. The number of halogens is 3. The standard InChI is InChI=1S/C27H27F3N6O4/c1-26(2)39-15-20(40-26)14-38-19-6-7-22(31-11-19)33-25(37)36-18-8-9-35(13-18)21-12-32-23(34-24(21)36)16-4-3-5-17(10-16)27(28,29)30/h3-7,10-12,18,20H,8-9,13-15H2,1-2H3,(H,31,33,37)/t18-,20+/m0/s1. The molecule has 210 valence electrons. The topological polar surface area (TPSA) is 102 Å². The summed E-state index contributed by atoms with van der Waals surface area (Å²) < 4.78 is 56.8. The number of alkyl halides is 3. The van der Waals surface area contributed by atoms with Crippen molar-refractivity contribution in [2.75, 3.05) is 41.4 Å². The van der Waals surface area contributed by atoms with E-state index in [9.17, 15) is 18.0 Å². The highest BCUT2D eigenvalue weighted by molar-refractivity contribution is 6.04. The molecule has 0 unspecified atom stereocenters. The van der Waals surface area contributed by atoms with E-state index in [0.717, 1.165) is 12.1 Å². The van der Waals surface area contributed by atoms with Crippen LogP contribution in [0.5, 0.6) is 5.75 Å². The van der Waals surface area contributed by atoms with E-state index in [4.69, 9.17) is 14.2 Å². The number of rotatable bonds is 5. The fraction of sp³-hybridized carbons (Fsp3) is 0.407.